The number of hydrogen-bond acceptors (Lipinski definition) is 4. The summed E-state index contributed by atoms with van der Waals surface area (Å²) in [6, 6.07) is 0. The van der Waals surface area contributed by atoms with Gasteiger partial charge >= 0.3 is 151 Å². The van der Waals surface area contributed by atoms with Crippen molar-refractivity contribution in [1.29, 1.82) is 0 Å². The number of allylic oxidation sites excluding steroid dienone is 3. The molecule has 136 valence electrons. The maximum atomic E-state index is 13.0. The van der Waals surface area contributed by atoms with Crippen molar-refractivity contribution < 1.29 is 19.1 Å². The topological polar surface area (TPSA) is 52.6 Å². The van der Waals surface area contributed by atoms with Gasteiger partial charge in [-0.3, -0.25) is 0 Å². The van der Waals surface area contributed by atoms with Gasteiger partial charge in [0.2, 0.25) is 0 Å². The molecule has 0 saturated heterocycles. The first-order chi connectivity index (χ1) is 11.2. The average Bonchev–Trinajstić information content (AvgIpc) is 2.52. The molecular weight excluding hydrogens is 411 g/mol. The van der Waals surface area contributed by atoms with Crippen molar-refractivity contribution in [3.05, 3.63) is 22.3 Å². The minimum absolute atomic E-state index is 0.185. The number of hydrogen-bond donors (Lipinski definition) is 0. The van der Waals surface area contributed by atoms with Crippen molar-refractivity contribution in [3.8, 4) is 0 Å². The summed E-state index contributed by atoms with van der Waals surface area (Å²) in [4.78, 5) is 32.7. The standard InChI is InChI=1S/C16H23O4.3CH3.Sn/c1-4-12-16(14(17)19-5-2,15(18)20-6-3)13-10-8-7-9-11-13;;;;/h8,10,13H,1,5-7,9,11-12H2,2-3H3;3*1H3;. The van der Waals surface area contributed by atoms with Crippen molar-refractivity contribution in [2.45, 2.75) is 54.3 Å². The average molecular weight is 443 g/mol. The normalized spacial score (nSPS) is 18.1. The van der Waals surface area contributed by atoms with Crippen molar-refractivity contribution in [1.82, 2.24) is 0 Å². The van der Waals surface area contributed by atoms with E-state index in [1.165, 1.54) is 0 Å². The van der Waals surface area contributed by atoms with Crippen LogP contribution < -0.4 is 0 Å². The quantitative estimate of drug-likeness (QED) is 0.243. The second-order valence-corrected chi connectivity index (χ2v) is 22.3. The Morgan fingerprint density at radius 3 is 2.08 bits per heavy atom. The predicted molar refractivity (Wildman–Crippen MR) is 99.3 cm³/mol. The third-order valence-corrected chi connectivity index (χ3v) is 11.3. The summed E-state index contributed by atoms with van der Waals surface area (Å²) in [6.45, 7) is 8.28. The van der Waals surface area contributed by atoms with Crippen molar-refractivity contribution in [2.24, 2.45) is 11.3 Å². The Balaban J connectivity index is 3.38. The zero-order valence-electron chi connectivity index (χ0n) is 15.8. The van der Waals surface area contributed by atoms with Crippen molar-refractivity contribution in [2.75, 3.05) is 13.2 Å². The summed E-state index contributed by atoms with van der Waals surface area (Å²) in [6.07, 6.45) is 7.15. The fourth-order valence-corrected chi connectivity index (χ4v) is 5.32. The fourth-order valence-electron chi connectivity index (χ4n) is 3.01. The molecule has 0 amide bonds. The molecule has 1 unspecified atom stereocenters. The van der Waals surface area contributed by atoms with Gasteiger partial charge in [0.05, 0.1) is 0 Å². The number of carbonyl (C=O) groups is 2. The molecule has 1 aliphatic rings. The predicted octanol–water partition coefficient (Wildman–Crippen LogP) is 4.28. The van der Waals surface area contributed by atoms with E-state index < -0.39 is 35.7 Å². The Hall–Kier alpha value is -0.781. The van der Waals surface area contributed by atoms with E-state index in [1.807, 2.05) is 6.08 Å². The molecule has 0 saturated carbocycles. The Bertz CT molecular complexity index is 484. The van der Waals surface area contributed by atoms with E-state index in [0.29, 0.717) is 6.42 Å². The van der Waals surface area contributed by atoms with Gasteiger partial charge in [-0.15, -0.1) is 0 Å². The molecule has 0 radical (unpaired) electrons. The molecule has 0 aromatic heterocycles. The van der Waals surface area contributed by atoms with E-state index in [2.05, 4.69) is 27.5 Å². The van der Waals surface area contributed by atoms with Crippen LogP contribution >= 0.6 is 0 Å². The first-order valence-corrected chi connectivity index (χ1v) is 18.9. The summed E-state index contributed by atoms with van der Waals surface area (Å²) in [5.41, 5.74) is -1.29. The van der Waals surface area contributed by atoms with Gasteiger partial charge in [-0.2, -0.15) is 0 Å². The van der Waals surface area contributed by atoms with Gasteiger partial charge in [0.25, 0.3) is 0 Å². The van der Waals surface area contributed by atoms with Crippen LogP contribution in [0.4, 0.5) is 0 Å². The fraction of sp³-hybridized carbons (Fsp3) is 0.684. The summed E-state index contributed by atoms with van der Waals surface area (Å²) in [7, 11) is 0. The second kappa shape index (κ2) is 9.07. The van der Waals surface area contributed by atoms with Gasteiger partial charge in [-0.05, 0) is 0 Å². The Morgan fingerprint density at radius 1 is 1.17 bits per heavy atom. The van der Waals surface area contributed by atoms with E-state index in [9.17, 15) is 9.59 Å². The van der Waals surface area contributed by atoms with E-state index in [0.717, 1.165) is 22.9 Å². The molecular formula is C19H32O4Sn. The van der Waals surface area contributed by atoms with Gasteiger partial charge < -0.3 is 0 Å². The molecule has 0 heterocycles. The minimum atomic E-state index is -2.47. The first-order valence-electron chi connectivity index (χ1n) is 8.89. The Labute approximate surface area is 150 Å². The molecule has 0 aromatic rings. The first kappa shape index (κ1) is 21.3. The third-order valence-electron chi connectivity index (χ3n) is 4.72. The third kappa shape index (κ3) is 4.87. The zero-order chi connectivity index (χ0) is 18.4. The molecule has 0 aromatic carbocycles. The van der Waals surface area contributed by atoms with Crippen LogP contribution in [0.15, 0.2) is 22.3 Å². The number of carbonyl (C=O) groups excluding carboxylic acids is 2. The van der Waals surface area contributed by atoms with Crippen molar-refractivity contribution in [3.63, 3.8) is 0 Å². The van der Waals surface area contributed by atoms with E-state index in [1.54, 1.807) is 13.8 Å². The van der Waals surface area contributed by atoms with Crippen LogP contribution in [0, 0.1) is 11.3 Å². The SMILES string of the molecule is C=[C](CC(C(=O)OCC)(C(=O)OCC)C1C=CCCC1)[Sn]([CH3])([CH3])[CH3]. The Kier molecular flexibility index (Phi) is 8.03. The van der Waals surface area contributed by atoms with Gasteiger partial charge in [0.15, 0.2) is 0 Å². The van der Waals surface area contributed by atoms with Crippen LogP contribution in [-0.2, 0) is 19.1 Å². The molecule has 5 heteroatoms. The molecule has 0 N–H and O–H groups in total. The van der Waals surface area contributed by atoms with Gasteiger partial charge in [0.1, 0.15) is 0 Å². The van der Waals surface area contributed by atoms with Gasteiger partial charge in [-0.1, -0.05) is 0 Å². The molecule has 1 aliphatic carbocycles. The summed E-state index contributed by atoms with van der Waals surface area (Å²) in [5, 5.41) is 0. The number of ether oxygens (including phenoxy) is 2. The van der Waals surface area contributed by atoms with E-state index >= 15 is 0 Å². The van der Waals surface area contributed by atoms with Gasteiger partial charge in [-0.25, -0.2) is 0 Å². The maximum absolute atomic E-state index is 13.0. The molecule has 0 spiro atoms. The van der Waals surface area contributed by atoms with Crippen LogP contribution in [0.25, 0.3) is 0 Å². The summed E-state index contributed by atoms with van der Waals surface area (Å²) >= 11 is -2.47. The molecule has 0 bridgehead atoms. The van der Waals surface area contributed by atoms with Crippen LogP contribution in [0.1, 0.15) is 39.5 Å². The number of esters is 2. The van der Waals surface area contributed by atoms with Crippen LogP contribution in [0.5, 0.6) is 0 Å². The van der Waals surface area contributed by atoms with E-state index in [-0.39, 0.29) is 19.1 Å². The second-order valence-electron chi connectivity index (χ2n) is 7.41. The summed E-state index contributed by atoms with van der Waals surface area (Å²) < 4.78 is 11.8. The Morgan fingerprint density at radius 2 is 1.71 bits per heavy atom. The van der Waals surface area contributed by atoms with Crippen LogP contribution in [-0.4, -0.2) is 43.5 Å². The molecule has 0 fully saturated rings. The van der Waals surface area contributed by atoms with E-state index in [4.69, 9.17) is 9.47 Å². The molecule has 1 rings (SSSR count). The molecule has 0 aliphatic heterocycles. The van der Waals surface area contributed by atoms with Gasteiger partial charge in [0, 0.05) is 0 Å². The van der Waals surface area contributed by atoms with Crippen molar-refractivity contribution >= 4 is 30.3 Å². The number of rotatable bonds is 8. The zero-order valence-corrected chi connectivity index (χ0v) is 18.7. The molecule has 4 nitrogen and oxygen atoms in total. The molecule has 1 atom stereocenters. The molecule has 24 heavy (non-hydrogen) atoms. The summed E-state index contributed by atoms with van der Waals surface area (Å²) in [5.74, 6) is -1.11. The van der Waals surface area contributed by atoms with Crippen LogP contribution in [0.3, 0.4) is 0 Å². The van der Waals surface area contributed by atoms with Crippen LogP contribution in [0.2, 0.25) is 14.8 Å². The monoisotopic (exact) mass is 444 g/mol.